The minimum Gasteiger partial charge on any atom is -0.355 e. The fourth-order valence-electron chi connectivity index (χ4n) is 6.16. The van der Waals surface area contributed by atoms with Crippen LogP contribution in [0.1, 0.15) is 69.9 Å². The summed E-state index contributed by atoms with van der Waals surface area (Å²) in [5.41, 5.74) is 3.89. The van der Waals surface area contributed by atoms with Crippen molar-refractivity contribution in [3.63, 3.8) is 0 Å². The summed E-state index contributed by atoms with van der Waals surface area (Å²) >= 11 is 1.50. The van der Waals surface area contributed by atoms with Crippen LogP contribution in [0.25, 0.3) is 27.6 Å². The van der Waals surface area contributed by atoms with Crippen LogP contribution in [0.3, 0.4) is 0 Å². The van der Waals surface area contributed by atoms with Crippen molar-refractivity contribution in [1.29, 1.82) is 0 Å². The Labute approximate surface area is 238 Å². The lowest BCUT2D eigenvalue weighted by molar-refractivity contribution is -0.120. The lowest BCUT2D eigenvalue weighted by atomic mass is 9.89. The van der Waals surface area contributed by atoms with Crippen LogP contribution in [-0.4, -0.2) is 38.3 Å². The molecule has 2 fully saturated rings. The van der Waals surface area contributed by atoms with E-state index in [-0.39, 0.29) is 18.1 Å². The van der Waals surface area contributed by atoms with E-state index in [1.165, 1.54) is 87.7 Å². The molecule has 1 aromatic carbocycles. The number of hydrogen-bond donors (Lipinski definition) is 2. The van der Waals surface area contributed by atoms with Crippen LogP contribution in [0, 0.1) is 17.7 Å². The van der Waals surface area contributed by atoms with E-state index in [2.05, 4.69) is 15.6 Å². The van der Waals surface area contributed by atoms with Crippen LogP contribution < -0.4 is 10.6 Å². The van der Waals surface area contributed by atoms with Gasteiger partial charge in [0.2, 0.25) is 11.9 Å². The molecule has 4 aromatic rings. The van der Waals surface area contributed by atoms with E-state index in [4.69, 9.17) is 9.97 Å². The van der Waals surface area contributed by atoms with Gasteiger partial charge in [-0.3, -0.25) is 9.20 Å². The van der Waals surface area contributed by atoms with Crippen molar-refractivity contribution in [3.8, 4) is 22.6 Å². The molecular weight excluding hydrogens is 523 g/mol. The number of aromatic nitrogens is 4. The highest BCUT2D eigenvalue weighted by molar-refractivity contribution is 7.15. The molecule has 2 saturated carbocycles. The zero-order chi connectivity index (χ0) is 27.3. The number of hydrogen-bond acceptors (Lipinski definition) is 6. The van der Waals surface area contributed by atoms with Crippen molar-refractivity contribution in [2.24, 2.45) is 11.8 Å². The van der Waals surface area contributed by atoms with Gasteiger partial charge in [0, 0.05) is 35.9 Å². The summed E-state index contributed by atoms with van der Waals surface area (Å²) in [7, 11) is 0. The monoisotopic (exact) mass is 560 g/mol. The quantitative estimate of drug-likeness (QED) is 0.233. The standard InChI is InChI=1S/C31H37FN6OS/c32-24-13-11-23(12-14-24)28-29(26-15-16-33-30(36-26)35-19-22-9-5-2-6-10-22)38-25(20-40-31(38)37-28)17-27(39)34-18-21-7-3-1-4-8-21/h11-16,20-22H,1-10,17-19H2,(H,34,39)(H,33,35,36). The van der Waals surface area contributed by atoms with Gasteiger partial charge in [-0.15, -0.1) is 11.3 Å². The fourth-order valence-corrected chi connectivity index (χ4v) is 7.05. The van der Waals surface area contributed by atoms with Crippen molar-refractivity contribution >= 4 is 28.2 Å². The molecule has 40 heavy (non-hydrogen) atoms. The largest absolute Gasteiger partial charge is 0.355 e. The van der Waals surface area contributed by atoms with Gasteiger partial charge < -0.3 is 10.6 Å². The maximum Gasteiger partial charge on any atom is 0.225 e. The molecule has 1 amide bonds. The SMILES string of the molecule is O=C(Cc1csc2nc(-c3ccc(F)cc3)c(-c3ccnc(NCC4CCCCC4)n3)n12)NCC1CCCCC1. The number of imidazole rings is 1. The second kappa shape index (κ2) is 12.5. The second-order valence-corrected chi connectivity index (χ2v) is 12.1. The Hall–Kier alpha value is -3.33. The first kappa shape index (κ1) is 26.9. The zero-order valence-corrected chi connectivity index (χ0v) is 23.7. The average Bonchev–Trinajstić information content (AvgIpc) is 3.56. The van der Waals surface area contributed by atoms with Crippen LogP contribution in [-0.2, 0) is 11.2 Å². The molecule has 0 saturated heterocycles. The van der Waals surface area contributed by atoms with Crippen LogP contribution >= 0.6 is 11.3 Å². The van der Waals surface area contributed by atoms with Crippen LogP contribution in [0.5, 0.6) is 0 Å². The summed E-state index contributed by atoms with van der Waals surface area (Å²) in [6, 6.07) is 8.26. The highest BCUT2D eigenvalue weighted by atomic mass is 32.1. The van der Waals surface area contributed by atoms with Crippen molar-refractivity contribution in [1.82, 2.24) is 24.7 Å². The highest BCUT2D eigenvalue weighted by Gasteiger charge is 2.23. The van der Waals surface area contributed by atoms with Crippen LogP contribution in [0.15, 0.2) is 41.9 Å². The van der Waals surface area contributed by atoms with Gasteiger partial charge in [0.05, 0.1) is 17.8 Å². The predicted molar refractivity (Wildman–Crippen MR) is 158 cm³/mol. The Morgan fingerprint density at radius 2 is 1.62 bits per heavy atom. The summed E-state index contributed by atoms with van der Waals surface area (Å²) < 4.78 is 15.8. The maximum atomic E-state index is 13.8. The van der Waals surface area contributed by atoms with Gasteiger partial charge in [-0.05, 0) is 67.9 Å². The Morgan fingerprint density at radius 1 is 0.925 bits per heavy atom. The molecule has 3 aromatic heterocycles. The molecule has 6 rings (SSSR count). The van der Waals surface area contributed by atoms with Crippen molar-refractivity contribution in [2.75, 3.05) is 18.4 Å². The number of nitrogens with one attached hydrogen (secondary N) is 2. The maximum absolute atomic E-state index is 13.8. The van der Waals surface area contributed by atoms with E-state index >= 15 is 0 Å². The topological polar surface area (TPSA) is 84.2 Å². The number of fused-ring (bicyclic) bond motifs is 1. The van der Waals surface area contributed by atoms with Gasteiger partial charge in [-0.2, -0.15) is 0 Å². The number of amides is 1. The van der Waals surface area contributed by atoms with Gasteiger partial charge >= 0.3 is 0 Å². The molecule has 0 bridgehead atoms. The van der Waals surface area contributed by atoms with E-state index in [0.717, 1.165) is 40.7 Å². The van der Waals surface area contributed by atoms with Gasteiger partial charge in [-0.25, -0.2) is 19.3 Å². The van der Waals surface area contributed by atoms with E-state index in [1.807, 2.05) is 15.8 Å². The molecule has 0 radical (unpaired) electrons. The Kier molecular flexibility index (Phi) is 8.37. The van der Waals surface area contributed by atoms with E-state index < -0.39 is 0 Å². The molecule has 9 heteroatoms. The molecule has 0 unspecified atom stereocenters. The van der Waals surface area contributed by atoms with Gasteiger partial charge in [0.25, 0.3) is 0 Å². The number of benzene rings is 1. The first-order valence-electron chi connectivity index (χ1n) is 14.7. The molecule has 0 atom stereocenters. The normalized spacial score (nSPS) is 16.8. The molecular formula is C31H37FN6OS. The Balaban J connectivity index is 1.30. The number of halogens is 1. The lowest BCUT2D eigenvalue weighted by Gasteiger charge is -2.21. The van der Waals surface area contributed by atoms with E-state index in [9.17, 15) is 9.18 Å². The molecule has 0 aliphatic heterocycles. The first-order chi connectivity index (χ1) is 19.6. The van der Waals surface area contributed by atoms with Gasteiger partial charge in [-0.1, -0.05) is 38.5 Å². The lowest BCUT2D eigenvalue weighted by Crippen LogP contribution is -2.31. The summed E-state index contributed by atoms with van der Waals surface area (Å²) in [6.07, 6.45) is 14.6. The molecule has 210 valence electrons. The molecule has 3 heterocycles. The number of carbonyl (C=O) groups excluding carboxylic acids is 1. The van der Waals surface area contributed by atoms with Crippen LogP contribution in [0.2, 0.25) is 0 Å². The second-order valence-electron chi connectivity index (χ2n) is 11.3. The van der Waals surface area contributed by atoms with Crippen LogP contribution in [0.4, 0.5) is 10.3 Å². The minimum absolute atomic E-state index is 0.0192. The minimum atomic E-state index is -0.294. The molecule has 7 nitrogen and oxygen atoms in total. The third-order valence-electron chi connectivity index (χ3n) is 8.38. The highest BCUT2D eigenvalue weighted by Crippen LogP contribution is 2.35. The summed E-state index contributed by atoms with van der Waals surface area (Å²) in [5.74, 6) is 1.54. The number of rotatable bonds is 9. The van der Waals surface area contributed by atoms with Gasteiger partial charge in [0.15, 0.2) is 4.96 Å². The van der Waals surface area contributed by atoms with Crippen molar-refractivity contribution in [2.45, 2.75) is 70.6 Å². The fraction of sp³-hybridized carbons (Fsp3) is 0.484. The summed E-state index contributed by atoms with van der Waals surface area (Å²) in [5, 5.41) is 8.63. The molecule has 0 spiro atoms. The van der Waals surface area contributed by atoms with Crippen molar-refractivity contribution < 1.29 is 9.18 Å². The van der Waals surface area contributed by atoms with Crippen molar-refractivity contribution in [3.05, 3.63) is 53.4 Å². The third kappa shape index (κ3) is 6.19. The number of anilines is 1. The van der Waals surface area contributed by atoms with E-state index in [1.54, 1.807) is 18.3 Å². The Morgan fingerprint density at radius 3 is 2.35 bits per heavy atom. The Bertz CT molecular complexity index is 1440. The number of carbonyl (C=O) groups is 1. The predicted octanol–water partition coefficient (Wildman–Crippen LogP) is 6.89. The zero-order valence-electron chi connectivity index (χ0n) is 22.9. The van der Waals surface area contributed by atoms with Gasteiger partial charge in [0.1, 0.15) is 11.5 Å². The summed E-state index contributed by atoms with van der Waals surface area (Å²) in [4.78, 5) is 28.1. The molecule has 2 N–H and O–H groups in total. The first-order valence-corrected chi connectivity index (χ1v) is 15.6. The third-order valence-corrected chi connectivity index (χ3v) is 9.25. The molecule has 2 aliphatic carbocycles. The molecule has 2 aliphatic rings. The number of thiazole rings is 1. The average molecular weight is 561 g/mol. The van der Waals surface area contributed by atoms with E-state index in [0.29, 0.717) is 23.5 Å². The smallest absolute Gasteiger partial charge is 0.225 e. The summed E-state index contributed by atoms with van der Waals surface area (Å²) in [6.45, 7) is 1.60. The number of nitrogens with zero attached hydrogens (tertiary/aromatic N) is 4.